The number of para-hydroxylation sites is 6. The normalized spacial score (nSPS) is 11.5. The summed E-state index contributed by atoms with van der Waals surface area (Å²) in [5.41, 5.74) is 8.59. The van der Waals surface area contributed by atoms with Gasteiger partial charge in [-0.1, -0.05) is 60.7 Å². The molecule has 0 bridgehead atoms. The molecule has 0 fully saturated rings. The van der Waals surface area contributed by atoms with Gasteiger partial charge in [0.2, 0.25) is 0 Å². The van der Waals surface area contributed by atoms with Crippen molar-refractivity contribution in [3.8, 4) is 34.2 Å². The fourth-order valence-corrected chi connectivity index (χ4v) is 5.38. The number of hydrogen-bond acceptors (Lipinski definition) is 4. The molecule has 0 unspecified atom stereocenters. The highest BCUT2D eigenvalue weighted by atomic mass is 15.1. The van der Waals surface area contributed by atoms with Gasteiger partial charge < -0.3 is 0 Å². The Balaban J connectivity index is 1.33. The van der Waals surface area contributed by atoms with Crippen LogP contribution < -0.4 is 0 Å². The molecule has 0 spiro atoms. The summed E-state index contributed by atoms with van der Waals surface area (Å²) < 4.78 is 4.37. The highest BCUT2D eigenvalue weighted by Gasteiger charge is 2.17. The van der Waals surface area contributed by atoms with Gasteiger partial charge in [-0.05, 0) is 60.7 Å². The van der Waals surface area contributed by atoms with Crippen LogP contribution in [0, 0.1) is 0 Å². The number of imidazole rings is 2. The number of nitrogens with zero attached hydrogens (tertiary/aromatic N) is 6. The number of pyridine rings is 2. The Kier molecular flexibility index (Phi) is 5.03. The summed E-state index contributed by atoms with van der Waals surface area (Å²) in [6.07, 6.45) is 3.71. The molecule has 0 amide bonds. The monoisotopic (exact) mass is 514 g/mol. The largest absolute Gasteiger partial charge is 0.292 e. The van der Waals surface area contributed by atoms with Gasteiger partial charge in [-0.25, -0.2) is 19.9 Å². The van der Waals surface area contributed by atoms with Crippen molar-refractivity contribution in [2.75, 3.05) is 0 Å². The van der Waals surface area contributed by atoms with E-state index in [9.17, 15) is 0 Å². The van der Waals surface area contributed by atoms with Gasteiger partial charge in [0, 0.05) is 40.3 Å². The van der Waals surface area contributed by atoms with E-state index in [1.807, 2.05) is 85.2 Å². The summed E-state index contributed by atoms with van der Waals surface area (Å²) in [6.45, 7) is 0. The van der Waals surface area contributed by atoms with Crippen LogP contribution in [0.5, 0.6) is 0 Å². The first-order valence-corrected chi connectivity index (χ1v) is 13.2. The third-order valence-electron chi connectivity index (χ3n) is 7.20. The molecule has 4 aromatic heterocycles. The number of rotatable bonds is 4. The number of benzene rings is 4. The van der Waals surface area contributed by atoms with Crippen LogP contribution in [-0.4, -0.2) is 29.1 Å². The van der Waals surface area contributed by atoms with Crippen molar-refractivity contribution in [2.45, 2.75) is 0 Å². The maximum atomic E-state index is 5.02. The average molecular weight is 515 g/mol. The topological polar surface area (TPSA) is 61.4 Å². The van der Waals surface area contributed by atoms with Crippen LogP contribution in [0.1, 0.15) is 0 Å². The molecule has 0 aliphatic heterocycles. The SMILES string of the molecule is c1ccc(-n2c(-c3cnc4ncc(-c5nc6ccccc6n5-c5ccccc5)cc4c3)nc3ccccc32)cc1. The van der Waals surface area contributed by atoms with E-state index in [0.29, 0.717) is 5.65 Å². The number of aromatic nitrogens is 6. The van der Waals surface area contributed by atoms with Gasteiger partial charge in [-0.3, -0.25) is 9.13 Å². The molecule has 4 aromatic carbocycles. The van der Waals surface area contributed by atoms with Crippen LogP contribution in [0.4, 0.5) is 0 Å². The van der Waals surface area contributed by atoms with Gasteiger partial charge in [-0.2, -0.15) is 0 Å². The van der Waals surface area contributed by atoms with Crippen molar-refractivity contribution >= 4 is 33.1 Å². The highest BCUT2D eigenvalue weighted by molar-refractivity contribution is 5.89. The summed E-state index contributed by atoms with van der Waals surface area (Å²) in [5.74, 6) is 1.67. The Morgan fingerprint density at radius 2 is 0.875 bits per heavy atom. The van der Waals surface area contributed by atoms with Gasteiger partial charge in [-0.15, -0.1) is 0 Å². The Morgan fingerprint density at radius 1 is 0.450 bits per heavy atom. The van der Waals surface area contributed by atoms with Crippen molar-refractivity contribution < 1.29 is 0 Å². The predicted molar refractivity (Wildman–Crippen MR) is 160 cm³/mol. The molecule has 0 radical (unpaired) electrons. The summed E-state index contributed by atoms with van der Waals surface area (Å²) in [7, 11) is 0. The first-order valence-electron chi connectivity index (χ1n) is 13.2. The molecule has 0 N–H and O–H groups in total. The Morgan fingerprint density at radius 3 is 1.35 bits per heavy atom. The van der Waals surface area contributed by atoms with Gasteiger partial charge in [0.15, 0.2) is 5.65 Å². The van der Waals surface area contributed by atoms with Gasteiger partial charge >= 0.3 is 0 Å². The summed E-state index contributed by atoms with van der Waals surface area (Å²) in [4.78, 5) is 19.5. The number of hydrogen-bond donors (Lipinski definition) is 0. The van der Waals surface area contributed by atoms with Crippen molar-refractivity contribution in [2.24, 2.45) is 0 Å². The molecule has 0 saturated carbocycles. The molecule has 0 saturated heterocycles. The predicted octanol–water partition coefficient (Wildman–Crippen LogP) is 7.64. The van der Waals surface area contributed by atoms with E-state index in [1.54, 1.807) is 0 Å². The third-order valence-corrected chi connectivity index (χ3v) is 7.20. The van der Waals surface area contributed by atoms with Gasteiger partial charge in [0.05, 0.1) is 22.1 Å². The van der Waals surface area contributed by atoms with E-state index in [4.69, 9.17) is 19.9 Å². The minimum atomic E-state index is 0.678. The lowest BCUT2D eigenvalue weighted by Gasteiger charge is -2.11. The molecule has 0 aliphatic carbocycles. The van der Waals surface area contributed by atoms with Crippen LogP contribution in [0.2, 0.25) is 0 Å². The third kappa shape index (κ3) is 3.58. The molecule has 6 heteroatoms. The molecular weight excluding hydrogens is 492 g/mol. The molecule has 0 aliphatic rings. The first kappa shape index (κ1) is 22.4. The fourth-order valence-electron chi connectivity index (χ4n) is 5.38. The maximum absolute atomic E-state index is 5.02. The van der Waals surface area contributed by atoms with Crippen LogP contribution in [-0.2, 0) is 0 Å². The lowest BCUT2D eigenvalue weighted by Crippen LogP contribution is -1.99. The molecule has 188 valence electrons. The fraction of sp³-hybridized carbons (Fsp3) is 0. The summed E-state index contributed by atoms with van der Waals surface area (Å²) in [6, 6.07) is 41.2. The van der Waals surface area contributed by atoms with Crippen LogP contribution in [0.3, 0.4) is 0 Å². The lowest BCUT2D eigenvalue weighted by atomic mass is 10.1. The molecule has 40 heavy (non-hydrogen) atoms. The van der Waals surface area contributed by atoms with Crippen molar-refractivity contribution in [3.05, 3.63) is 134 Å². The second kappa shape index (κ2) is 8.99. The average Bonchev–Trinajstić information content (AvgIpc) is 3.61. The first-order chi connectivity index (χ1) is 19.8. The standard InChI is InChI=1S/C34H22N6/c1-3-11-26(12-4-1)39-30-17-9-7-15-28(30)37-33(39)24-19-23-20-25(22-36-32(23)35-21-24)34-38-29-16-8-10-18-31(29)40(34)27-13-5-2-6-14-27/h1-22H. The van der Waals surface area contributed by atoms with Crippen molar-refractivity contribution in [3.63, 3.8) is 0 Å². The lowest BCUT2D eigenvalue weighted by molar-refractivity contribution is 1.09. The summed E-state index contributed by atoms with van der Waals surface area (Å²) >= 11 is 0. The molecule has 4 heterocycles. The molecule has 0 atom stereocenters. The smallest absolute Gasteiger partial charge is 0.159 e. The van der Waals surface area contributed by atoms with Crippen LogP contribution in [0.25, 0.3) is 67.3 Å². The van der Waals surface area contributed by atoms with Crippen LogP contribution >= 0.6 is 0 Å². The molecular formula is C34H22N6. The minimum absolute atomic E-state index is 0.678. The summed E-state index contributed by atoms with van der Waals surface area (Å²) in [5, 5.41) is 0.924. The van der Waals surface area contributed by atoms with Gasteiger partial charge in [0.1, 0.15) is 11.6 Å². The van der Waals surface area contributed by atoms with E-state index in [0.717, 1.165) is 61.6 Å². The molecule has 6 nitrogen and oxygen atoms in total. The minimum Gasteiger partial charge on any atom is -0.292 e. The van der Waals surface area contributed by atoms with E-state index >= 15 is 0 Å². The van der Waals surface area contributed by atoms with Crippen molar-refractivity contribution in [1.29, 1.82) is 0 Å². The molecule has 8 rings (SSSR count). The zero-order valence-corrected chi connectivity index (χ0v) is 21.4. The second-order valence-electron chi connectivity index (χ2n) is 9.68. The van der Waals surface area contributed by atoms with Gasteiger partial charge in [0.25, 0.3) is 0 Å². The zero-order valence-electron chi connectivity index (χ0n) is 21.4. The highest BCUT2D eigenvalue weighted by Crippen LogP contribution is 2.32. The van der Waals surface area contributed by atoms with E-state index in [2.05, 4.69) is 57.7 Å². The molecule has 8 aromatic rings. The van der Waals surface area contributed by atoms with Crippen molar-refractivity contribution in [1.82, 2.24) is 29.1 Å². The van der Waals surface area contributed by atoms with Crippen LogP contribution in [0.15, 0.2) is 134 Å². The Bertz CT molecular complexity index is 2010. The van der Waals surface area contributed by atoms with E-state index in [-0.39, 0.29) is 0 Å². The van der Waals surface area contributed by atoms with E-state index in [1.165, 1.54) is 0 Å². The number of fused-ring (bicyclic) bond motifs is 3. The Labute approximate surface area is 229 Å². The quantitative estimate of drug-likeness (QED) is 0.242. The second-order valence-corrected chi connectivity index (χ2v) is 9.68. The maximum Gasteiger partial charge on any atom is 0.159 e. The Hall–Kier alpha value is -5.62. The zero-order chi connectivity index (χ0) is 26.5. The van der Waals surface area contributed by atoms with E-state index < -0.39 is 0 Å².